The van der Waals surface area contributed by atoms with E-state index < -0.39 is 0 Å². The maximum absolute atomic E-state index is 12.1. The van der Waals surface area contributed by atoms with E-state index in [0.29, 0.717) is 18.4 Å². The van der Waals surface area contributed by atoms with Crippen LogP contribution in [0.4, 0.5) is 5.13 Å². The van der Waals surface area contributed by atoms with Gasteiger partial charge in [-0.15, -0.1) is 10.2 Å². The number of hydrogen-bond donors (Lipinski definition) is 1. The summed E-state index contributed by atoms with van der Waals surface area (Å²) in [6.07, 6.45) is 4.29. The molecule has 2 aromatic rings. The molecule has 1 N–H and O–H groups in total. The number of hydrogen-bond acceptors (Lipinski definition) is 6. The molecule has 128 valence electrons. The fraction of sp³-hybridized carbons (Fsp3) is 0.529. The number of nitrogens with one attached hydrogen (secondary N) is 1. The van der Waals surface area contributed by atoms with Crippen LogP contribution in [-0.4, -0.2) is 45.1 Å². The van der Waals surface area contributed by atoms with E-state index >= 15 is 0 Å². The molecule has 0 unspecified atom stereocenters. The van der Waals surface area contributed by atoms with E-state index in [-0.39, 0.29) is 5.91 Å². The molecule has 0 aliphatic carbocycles. The number of nitrogens with zero attached hydrogens (tertiary/aromatic N) is 4. The van der Waals surface area contributed by atoms with Gasteiger partial charge < -0.3 is 10.2 Å². The number of anilines is 1. The van der Waals surface area contributed by atoms with Gasteiger partial charge in [-0.1, -0.05) is 31.3 Å². The topological polar surface area (TPSA) is 71.0 Å². The zero-order chi connectivity index (χ0) is 16.9. The van der Waals surface area contributed by atoms with Crippen molar-refractivity contribution >= 4 is 22.4 Å². The van der Waals surface area contributed by atoms with Gasteiger partial charge >= 0.3 is 0 Å². The standard InChI is InChI=1S/C17H23N5OS/c1-12(2)11-15(23)22-9-6-13(7-10-22)19-17-21-20-16(24-17)14-5-3-4-8-18-14/h3-5,8,12-13H,6-7,9-11H2,1-2H3,(H,19,21). The van der Waals surface area contributed by atoms with Crippen LogP contribution in [0.25, 0.3) is 10.7 Å². The first-order valence-electron chi connectivity index (χ1n) is 8.41. The lowest BCUT2D eigenvalue weighted by atomic mass is 10.0. The molecule has 24 heavy (non-hydrogen) atoms. The van der Waals surface area contributed by atoms with Gasteiger partial charge in [0.05, 0.1) is 0 Å². The first-order chi connectivity index (χ1) is 11.6. The van der Waals surface area contributed by atoms with Crippen LogP contribution >= 0.6 is 11.3 Å². The number of carbonyl (C=O) groups excluding carboxylic acids is 1. The van der Waals surface area contributed by atoms with Crippen molar-refractivity contribution in [2.45, 2.75) is 39.2 Å². The SMILES string of the molecule is CC(C)CC(=O)N1CCC(Nc2nnc(-c3ccccn3)s2)CC1. The van der Waals surface area contributed by atoms with Crippen molar-refractivity contribution in [1.82, 2.24) is 20.1 Å². The van der Waals surface area contributed by atoms with Crippen molar-refractivity contribution < 1.29 is 4.79 Å². The van der Waals surface area contributed by atoms with Crippen LogP contribution in [-0.2, 0) is 4.79 Å². The van der Waals surface area contributed by atoms with Gasteiger partial charge in [-0.25, -0.2) is 0 Å². The molecule has 1 saturated heterocycles. The van der Waals surface area contributed by atoms with E-state index in [1.54, 1.807) is 6.20 Å². The molecule has 0 bridgehead atoms. The van der Waals surface area contributed by atoms with Crippen LogP contribution in [0.1, 0.15) is 33.1 Å². The molecule has 1 amide bonds. The van der Waals surface area contributed by atoms with Gasteiger partial charge in [0, 0.05) is 31.7 Å². The summed E-state index contributed by atoms with van der Waals surface area (Å²) in [6.45, 7) is 5.80. The second kappa shape index (κ2) is 7.70. The summed E-state index contributed by atoms with van der Waals surface area (Å²) in [7, 11) is 0. The average Bonchev–Trinajstić information content (AvgIpc) is 3.04. The van der Waals surface area contributed by atoms with Gasteiger partial charge in [0.2, 0.25) is 11.0 Å². The number of rotatable bonds is 5. The lowest BCUT2D eigenvalue weighted by Gasteiger charge is -2.32. The molecule has 0 aromatic carbocycles. The Hall–Kier alpha value is -2.02. The number of amides is 1. The Balaban J connectivity index is 1.52. The van der Waals surface area contributed by atoms with Crippen molar-refractivity contribution in [3.8, 4) is 10.7 Å². The Morgan fingerprint density at radius 1 is 1.33 bits per heavy atom. The monoisotopic (exact) mass is 345 g/mol. The highest BCUT2D eigenvalue weighted by Crippen LogP contribution is 2.26. The second-order valence-corrected chi connectivity index (χ2v) is 7.50. The van der Waals surface area contributed by atoms with E-state index in [9.17, 15) is 4.79 Å². The molecular weight excluding hydrogens is 322 g/mol. The fourth-order valence-electron chi connectivity index (χ4n) is 2.80. The zero-order valence-corrected chi connectivity index (χ0v) is 14.9. The molecule has 0 saturated carbocycles. The van der Waals surface area contributed by atoms with Crippen LogP contribution in [0.3, 0.4) is 0 Å². The lowest BCUT2D eigenvalue weighted by molar-refractivity contribution is -0.132. The number of pyridine rings is 1. The number of aromatic nitrogens is 3. The Kier molecular flexibility index (Phi) is 5.40. The molecule has 2 aromatic heterocycles. The van der Waals surface area contributed by atoms with Gasteiger partial charge in [0.1, 0.15) is 5.69 Å². The van der Waals surface area contributed by atoms with Crippen LogP contribution in [0, 0.1) is 5.92 Å². The molecule has 0 radical (unpaired) electrons. The third-order valence-corrected chi connectivity index (χ3v) is 4.94. The third-order valence-electron chi connectivity index (χ3n) is 4.07. The van der Waals surface area contributed by atoms with Gasteiger partial charge in [0.25, 0.3) is 0 Å². The first-order valence-corrected chi connectivity index (χ1v) is 9.22. The summed E-state index contributed by atoms with van der Waals surface area (Å²) in [6, 6.07) is 6.11. The van der Waals surface area contributed by atoms with Crippen LogP contribution in [0.5, 0.6) is 0 Å². The maximum atomic E-state index is 12.1. The van der Waals surface area contributed by atoms with Crippen molar-refractivity contribution in [1.29, 1.82) is 0 Å². The molecule has 3 heterocycles. The van der Waals surface area contributed by atoms with Gasteiger partial charge in [-0.3, -0.25) is 9.78 Å². The van der Waals surface area contributed by atoms with E-state index in [2.05, 4.69) is 34.3 Å². The maximum Gasteiger partial charge on any atom is 0.222 e. The van der Waals surface area contributed by atoms with E-state index in [4.69, 9.17) is 0 Å². The van der Waals surface area contributed by atoms with Crippen molar-refractivity contribution in [2.24, 2.45) is 5.92 Å². The van der Waals surface area contributed by atoms with Crippen LogP contribution in [0.15, 0.2) is 24.4 Å². The quantitative estimate of drug-likeness (QED) is 0.902. The number of piperidine rings is 1. The molecule has 7 heteroatoms. The predicted octanol–water partition coefficient (Wildman–Crippen LogP) is 3.05. The Morgan fingerprint density at radius 3 is 2.79 bits per heavy atom. The smallest absolute Gasteiger partial charge is 0.222 e. The average molecular weight is 345 g/mol. The molecule has 1 aliphatic heterocycles. The van der Waals surface area contributed by atoms with Crippen molar-refractivity contribution in [2.75, 3.05) is 18.4 Å². The number of carbonyl (C=O) groups is 1. The highest BCUT2D eigenvalue weighted by Gasteiger charge is 2.23. The Morgan fingerprint density at radius 2 is 2.12 bits per heavy atom. The molecule has 3 rings (SSSR count). The summed E-state index contributed by atoms with van der Waals surface area (Å²) in [5.74, 6) is 0.691. The van der Waals surface area contributed by atoms with Crippen molar-refractivity contribution in [3.05, 3.63) is 24.4 Å². The Labute approximate surface area is 146 Å². The summed E-state index contributed by atoms with van der Waals surface area (Å²) >= 11 is 1.52. The minimum Gasteiger partial charge on any atom is -0.357 e. The summed E-state index contributed by atoms with van der Waals surface area (Å²) in [5, 5.41) is 13.5. The number of likely N-dealkylation sites (tertiary alicyclic amines) is 1. The van der Waals surface area contributed by atoms with E-state index in [1.165, 1.54) is 11.3 Å². The highest BCUT2D eigenvalue weighted by molar-refractivity contribution is 7.18. The molecule has 0 spiro atoms. The van der Waals surface area contributed by atoms with Gasteiger partial charge in [0.15, 0.2) is 5.01 Å². The van der Waals surface area contributed by atoms with Gasteiger partial charge in [-0.2, -0.15) is 0 Å². The molecular formula is C17H23N5OS. The second-order valence-electron chi connectivity index (χ2n) is 6.52. The van der Waals surface area contributed by atoms with E-state index in [1.807, 2.05) is 23.1 Å². The van der Waals surface area contributed by atoms with E-state index in [0.717, 1.165) is 41.8 Å². The van der Waals surface area contributed by atoms with Gasteiger partial charge in [-0.05, 0) is 30.9 Å². The normalized spacial score (nSPS) is 15.7. The largest absolute Gasteiger partial charge is 0.357 e. The predicted molar refractivity (Wildman–Crippen MR) is 95.8 cm³/mol. The summed E-state index contributed by atoms with van der Waals surface area (Å²) in [4.78, 5) is 18.4. The van der Waals surface area contributed by atoms with Crippen molar-refractivity contribution in [3.63, 3.8) is 0 Å². The zero-order valence-electron chi connectivity index (χ0n) is 14.1. The molecule has 1 fully saturated rings. The third kappa shape index (κ3) is 4.29. The first kappa shape index (κ1) is 16.8. The Bertz CT molecular complexity index is 665. The van der Waals surface area contributed by atoms with Crippen LogP contribution in [0.2, 0.25) is 0 Å². The fourth-order valence-corrected chi connectivity index (χ4v) is 3.60. The summed E-state index contributed by atoms with van der Waals surface area (Å²) < 4.78 is 0. The minimum absolute atomic E-state index is 0.275. The lowest BCUT2D eigenvalue weighted by Crippen LogP contribution is -2.42. The highest BCUT2D eigenvalue weighted by atomic mass is 32.1. The molecule has 0 atom stereocenters. The van der Waals surface area contributed by atoms with Crippen LogP contribution < -0.4 is 5.32 Å². The minimum atomic E-state index is 0.275. The molecule has 6 nitrogen and oxygen atoms in total. The summed E-state index contributed by atoms with van der Waals surface area (Å²) in [5.41, 5.74) is 0.845. The molecule has 1 aliphatic rings.